The molecule has 0 unspecified atom stereocenters. The molecule has 0 radical (unpaired) electrons. The van der Waals surface area contributed by atoms with Crippen molar-refractivity contribution in [2.45, 2.75) is 6.54 Å². The fraction of sp³-hybridized carbons (Fsp3) is 0.107. The Balaban J connectivity index is 1.53. The summed E-state index contributed by atoms with van der Waals surface area (Å²) in [4.78, 5) is 23.6. The molecule has 1 aliphatic rings. The molecule has 7 heteroatoms. The molecule has 35 heavy (non-hydrogen) atoms. The minimum atomic E-state index is -0.317. The highest BCUT2D eigenvalue weighted by atomic mass is 32.1. The van der Waals surface area contributed by atoms with Crippen LogP contribution in [0.4, 0.5) is 0 Å². The fourth-order valence-corrected chi connectivity index (χ4v) is 5.30. The second-order valence-electron chi connectivity index (χ2n) is 8.10. The molecule has 1 aliphatic heterocycles. The molecule has 0 aliphatic carbocycles. The van der Waals surface area contributed by atoms with Crippen molar-refractivity contribution in [1.82, 2.24) is 9.55 Å². The third kappa shape index (κ3) is 3.90. The first-order valence-corrected chi connectivity index (χ1v) is 12.1. The summed E-state index contributed by atoms with van der Waals surface area (Å²) in [6.45, 7) is 5.43. The van der Waals surface area contributed by atoms with Crippen LogP contribution < -0.4 is 14.3 Å². The number of pyridine rings is 1. The highest BCUT2D eigenvalue weighted by Crippen LogP contribution is 2.35. The van der Waals surface area contributed by atoms with Crippen LogP contribution in [0.1, 0.15) is 10.4 Å². The molecule has 2 aromatic heterocycles. The molecule has 172 valence electrons. The van der Waals surface area contributed by atoms with Gasteiger partial charge in [-0.25, -0.2) is 4.98 Å². The number of para-hydroxylation sites is 1. The van der Waals surface area contributed by atoms with Gasteiger partial charge in [0.2, 0.25) is 0 Å². The first kappa shape index (κ1) is 21.3. The van der Waals surface area contributed by atoms with E-state index in [0.717, 1.165) is 32.4 Å². The Morgan fingerprint density at radius 2 is 1.77 bits per heavy atom. The Morgan fingerprint density at radius 3 is 2.57 bits per heavy atom. The fourth-order valence-electron chi connectivity index (χ4n) is 4.25. The quantitative estimate of drug-likeness (QED) is 0.314. The van der Waals surface area contributed by atoms with Gasteiger partial charge < -0.3 is 14.0 Å². The van der Waals surface area contributed by atoms with E-state index in [2.05, 4.69) is 11.6 Å². The molecule has 1 amide bonds. The van der Waals surface area contributed by atoms with Crippen molar-refractivity contribution in [3.63, 3.8) is 0 Å². The lowest BCUT2D eigenvalue weighted by Gasteiger charge is -2.18. The zero-order chi connectivity index (χ0) is 23.8. The number of rotatable bonds is 4. The molecule has 3 aromatic carbocycles. The number of fused-ring (bicyclic) bond motifs is 3. The standard InChI is InChI=1S/C28H21N3O3S/c1-2-12-31-23-16-24-25(34-14-13-33-24)17-26(23)35-28(31)30-27(32)20-15-22(18-8-4-3-5-9-18)29-21-11-7-6-10-19(20)21/h2-11,15-17H,1,12-14H2. The minimum absolute atomic E-state index is 0.317. The summed E-state index contributed by atoms with van der Waals surface area (Å²) in [5, 5.41) is 0.773. The number of benzene rings is 3. The zero-order valence-corrected chi connectivity index (χ0v) is 19.6. The monoisotopic (exact) mass is 479 g/mol. The Bertz CT molecular complexity index is 1670. The van der Waals surface area contributed by atoms with E-state index in [4.69, 9.17) is 14.5 Å². The molecule has 5 aromatic rings. The molecule has 0 saturated carbocycles. The predicted octanol–water partition coefficient (Wildman–Crippen LogP) is 5.62. The number of hydrogen-bond acceptors (Lipinski definition) is 5. The van der Waals surface area contributed by atoms with Crippen LogP contribution in [0.5, 0.6) is 11.5 Å². The van der Waals surface area contributed by atoms with Crippen molar-refractivity contribution in [2.75, 3.05) is 13.2 Å². The number of nitrogens with zero attached hydrogens (tertiary/aromatic N) is 3. The van der Waals surface area contributed by atoms with E-state index in [-0.39, 0.29) is 5.91 Å². The van der Waals surface area contributed by atoms with Crippen molar-refractivity contribution in [2.24, 2.45) is 4.99 Å². The normalized spacial score (nSPS) is 13.3. The number of ether oxygens (including phenoxy) is 2. The maximum atomic E-state index is 13.6. The zero-order valence-electron chi connectivity index (χ0n) is 18.8. The summed E-state index contributed by atoms with van der Waals surface area (Å²) in [7, 11) is 0. The predicted molar refractivity (Wildman–Crippen MR) is 138 cm³/mol. The average Bonchev–Trinajstić information content (AvgIpc) is 3.22. The summed E-state index contributed by atoms with van der Waals surface area (Å²) in [5.41, 5.74) is 3.88. The molecular formula is C28H21N3O3S. The van der Waals surface area contributed by atoms with Gasteiger partial charge in [0.25, 0.3) is 5.91 Å². The van der Waals surface area contributed by atoms with Crippen LogP contribution in [-0.2, 0) is 6.54 Å². The Hall–Kier alpha value is -4.23. The minimum Gasteiger partial charge on any atom is -0.486 e. The smallest absolute Gasteiger partial charge is 0.280 e. The van der Waals surface area contributed by atoms with Crippen LogP contribution >= 0.6 is 11.3 Å². The van der Waals surface area contributed by atoms with E-state index < -0.39 is 0 Å². The van der Waals surface area contributed by atoms with Gasteiger partial charge in [-0.15, -0.1) is 6.58 Å². The maximum absolute atomic E-state index is 13.6. The van der Waals surface area contributed by atoms with Crippen molar-refractivity contribution in [3.8, 4) is 22.8 Å². The van der Waals surface area contributed by atoms with E-state index in [1.54, 1.807) is 6.08 Å². The second kappa shape index (κ2) is 8.85. The number of hydrogen-bond donors (Lipinski definition) is 0. The van der Waals surface area contributed by atoms with E-state index in [9.17, 15) is 4.79 Å². The maximum Gasteiger partial charge on any atom is 0.280 e. The summed E-state index contributed by atoms with van der Waals surface area (Å²) in [6, 6.07) is 23.2. The Kier molecular flexibility index (Phi) is 5.39. The molecule has 0 fully saturated rings. The second-order valence-corrected chi connectivity index (χ2v) is 9.11. The van der Waals surface area contributed by atoms with Crippen LogP contribution in [0.3, 0.4) is 0 Å². The summed E-state index contributed by atoms with van der Waals surface area (Å²) < 4.78 is 14.4. The lowest BCUT2D eigenvalue weighted by molar-refractivity contribution is 0.0999. The Labute approximate surface area is 205 Å². The van der Waals surface area contributed by atoms with Crippen LogP contribution in [0.25, 0.3) is 32.4 Å². The van der Waals surface area contributed by atoms with Crippen LogP contribution in [-0.4, -0.2) is 28.7 Å². The third-order valence-electron chi connectivity index (χ3n) is 5.87. The highest BCUT2D eigenvalue weighted by molar-refractivity contribution is 7.16. The van der Waals surface area contributed by atoms with Gasteiger partial charge in [-0.3, -0.25) is 4.79 Å². The number of amides is 1. The van der Waals surface area contributed by atoms with Crippen LogP contribution in [0.15, 0.2) is 90.4 Å². The van der Waals surface area contributed by atoms with Gasteiger partial charge in [0, 0.05) is 29.6 Å². The van der Waals surface area contributed by atoms with Gasteiger partial charge in [-0.05, 0) is 12.1 Å². The van der Waals surface area contributed by atoms with Gasteiger partial charge in [-0.1, -0.05) is 65.9 Å². The molecular weight excluding hydrogens is 458 g/mol. The number of allylic oxidation sites excluding steroid dienone is 1. The number of thiazole rings is 1. The van der Waals surface area contributed by atoms with Crippen LogP contribution in [0.2, 0.25) is 0 Å². The number of aromatic nitrogens is 2. The molecule has 0 atom stereocenters. The van der Waals surface area contributed by atoms with Crippen molar-refractivity contribution in [3.05, 3.63) is 95.8 Å². The number of carbonyl (C=O) groups is 1. The Morgan fingerprint density at radius 1 is 1.03 bits per heavy atom. The molecule has 0 bridgehead atoms. The largest absolute Gasteiger partial charge is 0.486 e. The SMILES string of the molecule is C=CCn1c(=NC(=O)c2cc(-c3ccccc3)nc3ccccc23)sc2cc3c(cc21)OCCO3. The summed E-state index contributed by atoms with van der Waals surface area (Å²) in [6.07, 6.45) is 1.79. The molecule has 6 rings (SSSR count). The van der Waals surface area contributed by atoms with Gasteiger partial charge in [-0.2, -0.15) is 4.99 Å². The average molecular weight is 480 g/mol. The van der Waals surface area contributed by atoms with Crippen molar-refractivity contribution < 1.29 is 14.3 Å². The van der Waals surface area contributed by atoms with Crippen LogP contribution in [0, 0.1) is 0 Å². The third-order valence-corrected chi connectivity index (χ3v) is 6.91. The summed E-state index contributed by atoms with van der Waals surface area (Å²) in [5.74, 6) is 1.09. The summed E-state index contributed by atoms with van der Waals surface area (Å²) >= 11 is 1.44. The molecule has 3 heterocycles. The molecule has 0 spiro atoms. The lowest BCUT2D eigenvalue weighted by atomic mass is 10.0. The van der Waals surface area contributed by atoms with E-state index >= 15 is 0 Å². The van der Waals surface area contributed by atoms with Crippen molar-refractivity contribution in [1.29, 1.82) is 0 Å². The molecule has 6 nitrogen and oxygen atoms in total. The van der Waals surface area contributed by atoms with Crippen molar-refractivity contribution >= 4 is 38.4 Å². The van der Waals surface area contributed by atoms with Gasteiger partial charge >= 0.3 is 0 Å². The lowest BCUT2D eigenvalue weighted by Crippen LogP contribution is -2.17. The van der Waals surface area contributed by atoms with Gasteiger partial charge in [0.05, 0.1) is 27.0 Å². The first-order valence-electron chi connectivity index (χ1n) is 11.3. The topological polar surface area (TPSA) is 65.7 Å². The van der Waals surface area contributed by atoms with E-state index in [0.29, 0.717) is 41.6 Å². The van der Waals surface area contributed by atoms with Gasteiger partial charge in [0.15, 0.2) is 16.3 Å². The number of carbonyl (C=O) groups excluding carboxylic acids is 1. The van der Waals surface area contributed by atoms with E-state index in [1.165, 1.54) is 11.3 Å². The first-order chi connectivity index (χ1) is 17.2. The molecule has 0 saturated heterocycles. The van der Waals surface area contributed by atoms with Gasteiger partial charge in [0.1, 0.15) is 13.2 Å². The highest BCUT2D eigenvalue weighted by Gasteiger charge is 2.18. The van der Waals surface area contributed by atoms with E-state index in [1.807, 2.05) is 77.4 Å². The molecule has 0 N–H and O–H groups in total.